The zero-order valence-electron chi connectivity index (χ0n) is 7.31. The second-order valence-corrected chi connectivity index (χ2v) is 3.61. The molecular weight excluding hydrogens is 159 g/mol. The van der Waals surface area contributed by atoms with E-state index in [0.717, 1.165) is 13.1 Å². The maximum atomic E-state index is 12.2. The Morgan fingerprint density at radius 3 is 2.50 bits per heavy atom. The van der Waals surface area contributed by atoms with Crippen molar-refractivity contribution in [2.24, 2.45) is 0 Å². The van der Waals surface area contributed by atoms with Crippen LogP contribution in [0.25, 0.3) is 0 Å². The summed E-state index contributed by atoms with van der Waals surface area (Å²) in [6.45, 7) is 1.56. The fourth-order valence-electron chi connectivity index (χ4n) is 1.50. The van der Waals surface area contributed by atoms with E-state index in [9.17, 15) is 9.50 Å². The Morgan fingerprint density at radius 1 is 1.58 bits per heavy atom. The summed E-state index contributed by atoms with van der Waals surface area (Å²) < 4.78 is 12.2. The lowest BCUT2D eigenvalue weighted by atomic mass is 9.89. The quantitative estimate of drug-likeness (QED) is 0.608. The summed E-state index contributed by atoms with van der Waals surface area (Å²) >= 11 is 0. The highest BCUT2D eigenvalue weighted by molar-refractivity contribution is 5.72. The summed E-state index contributed by atoms with van der Waals surface area (Å²) in [6.07, 6.45) is 1.01. The van der Waals surface area contributed by atoms with Crippen molar-refractivity contribution >= 4 is 5.97 Å². The number of nitrogens with zero attached hydrogens (tertiary/aromatic N) is 1. The lowest BCUT2D eigenvalue weighted by Crippen LogP contribution is -2.43. The molecule has 70 valence electrons. The maximum absolute atomic E-state index is 12.2. The highest BCUT2D eigenvalue weighted by Gasteiger charge is 2.32. The van der Waals surface area contributed by atoms with E-state index in [-0.39, 0.29) is 6.42 Å². The number of nitrogens with one attached hydrogen (secondary N) is 1. The highest BCUT2D eigenvalue weighted by Crippen LogP contribution is 2.25. The van der Waals surface area contributed by atoms with Gasteiger partial charge in [-0.2, -0.15) is 4.39 Å². The minimum absolute atomic E-state index is 0.124. The number of hydrogen-bond donors (Lipinski definition) is 2. The van der Waals surface area contributed by atoms with Gasteiger partial charge in [-0.15, -0.1) is 0 Å². The lowest BCUT2D eigenvalue weighted by molar-refractivity contribution is -0.0108. The molecule has 1 aliphatic heterocycles. The van der Waals surface area contributed by atoms with E-state index in [4.69, 9.17) is 5.41 Å². The van der Waals surface area contributed by atoms with Crippen molar-refractivity contribution < 1.29 is 9.50 Å². The summed E-state index contributed by atoms with van der Waals surface area (Å²) in [7, 11) is 1.97. The Kier molecular flexibility index (Phi) is 2.80. The zero-order valence-corrected chi connectivity index (χ0v) is 7.31. The number of halogens is 1. The predicted octanol–water partition coefficient (Wildman–Crippen LogP) is 0.780. The van der Waals surface area contributed by atoms with Gasteiger partial charge < -0.3 is 10.0 Å². The zero-order chi connectivity index (χ0) is 9.19. The molecule has 1 aliphatic rings. The molecule has 0 radical (unpaired) electrons. The van der Waals surface area contributed by atoms with Gasteiger partial charge >= 0.3 is 0 Å². The monoisotopic (exact) mass is 174 g/mol. The van der Waals surface area contributed by atoms with Crippen molar-refractivity contribution in [3.63, 3.8) is 0 Å². The molecule has 1 saturated heterocycles. The Labute approximate surface area is 71.7 Å². The van der Waals surface area contributed by atoms with Crippen molar-refractivity contribution in [3.05, 3.63) is 0 Å². The molecule has 0 unspecified atom stereocenters. The van der Waals surface area contributed by atoms with Crippen LogP contribution in [0, 0.1) is 5.41 Å². The topological polar surface area (TPSA) is 47.3 Å². The van der Waals surface area contributed by atoms with Crippen molar-refractivity contribution in [2.75, 3.05) is 20.1 Å². The molecule has 1 fully saturated rings. The smallest absolute Gasteiger partial charge is 0.184 e. The van der Waals surface area contributed by atoms with E-state index in [0.29, 0.717) is 12.8 Å². The third kappa shape index (κ3) is 2.53. The second-order valence-electron chi connectivity index (χ2n) is 3.61. The fourth-order valence-corrected chi connectivity index (χ4v) is 1.50. The van der Waals surface area contributed by atoms with Gasteiger partial charge in [-0.3, -0.25) is 5.41 Å². The molecule has 0 aromatic carbocycles. The summed E-state index contributed by atoms with van der Waals surface area (Å²) in [5, 5.41) is 16.4. The van der Waals surface area contributed by atoms with Gasteiger partial charge in [0, 0.05) is 19.5 Å². The Hall–Kier alpha value is -0.480. The van der Waals surface area contributed by atoms with E-state index in [1.807, 2.05) is 7.05 Å². The fraction of sp³-hybridized carbons (Fsp3) is 0.875. The van der Waals surface area contributed by atoms with Crippen LogP contribution in [0.2, 0.25) is 0 Å². The Balaban J connectivity index is 2.44. The van der Waals surface area contributed by atoms with Gasteiger partial charge in [0.25, 0.3) is 0 Å². The van der Waals surface area contributed by atoms with Crippen LogP contribution in [0.5, 0.6) is 0 Å². The summed E-state index contributed by atoms with van der Waals surface area (Å²) in [4.78, 5) is 2.09. The van der Waals surface area contributed by atoms with Crippen molar-refractivity contribution in [2.45, 2.75) is 24.9 Å². The number of hydrogen-bond acceptors (Lipinski definition) is 3. The molecule has 0 amide bonds. The van der Waals surface area contributed by atoms with Crippen molar-refractivity contribution in [1.29, 1.82) is 5.41 Å². The number of likely N-dealkylation sites (tertiary alicyclic amines) is 1. The van der Waals surface area contributed by atoms with Gasteiger partial charge in [0.15, 0.2) is 5.97 Å². The van der Waals surface area contributed by atoms with Gasteiger partial charge in [0.2, 0.25) is 0 Å². The summed E-state index contributed by atoms with van der Waals surface area (Å²) in [6, 6.07) is 0. The average molecular weight is 174 g/mol. The molecule has 0 aromatic heterocycles. The number of piperidine rings is 1. The first-order valence-corrected chi connectivity index (χ1v) is 4.16. The maximum Gasteiger partial charge on any atom is 0.184 e. The first kappa shape index (κ1) is 9.61. The molecule has 0 aromatic rings. The van der Waals surface area contributed by atoms with Gasteiger partial charge in [-0.1, -0.05) is 0 Å². The van der Waals surface area contributed by atoms with Gasteiger partial charge in [0.05, 0.1) is 5.60 Å². The second kappa shape index (κ2) is 3.49. The normalized spacial score (nSPS) is 23.9. The molecule has 0 saturated carbocycles. The highest BCUT2D eigenvalue weighted by atomic mass is 19.1. The van der Waals surface area contributed by atoms with Crippen molar-refractivity contribution in [1.82, 2.24) is 4.90 Å². The van der Waals surface area contributed by atoms with E-state index in [1.54, 1.807) is 0 Å². The molecule has 4 heteroatoms. The third-order valence-corrected chi connectivity index (χ3v) is 2.40. The number of rotatable bonds is 2. The van der Waals surface area contributed by atoms with Gasteiger partial charge in [-0.05, 0) is 19.9 Å². The van der Waals surface area contributed by atoms with Gasteiger partial charge in [0.1, 0.15) is 0 Å². The van der Waals surface area contributed by atoms with Crippen LogP contribution >= 0.6 is 0 Å². The molecule has 3 nitrogen and oxygen atoms in total. The standard InChI is InChI=1S/C8H15FN2O/c1-11-4-2-8(12,3-5-11)6-7(9)10/h10,12H,2-6H2,1H3. The van der Waals surface area contributed by atoms with E-state index >= 15 is 0 Å². The predicted molar refractivity (Wildman–Crippen MR) is 45.1 cm³/mol. The number of aliphatic hydroxyl groups is 1. The minimum atomic E-state index is -0.960. The molecular formula is C8H15FN2O. The van der Waals surface area contributed by atoms with Crippen LogP contribution in [0.4, 0.5) is 4.39 Å². The van der Waals surface area contributed by atoms with Crippen LogP contribution in [-0.2, 0) is 0 Å². The SMILES string of the molecule is CN1CCC(O)(CC(=N)F)CC1. The average Bonchev–Trinajstić information content (AvgIpc) is 1.94. The molecule has 0 aliphatic carbocycles. The lowest BCUT2D eigenvalue weighted by Gasteiger charge is -2.35. The molecule has 0 bridgehead atoms. The van der Waals surface area contributed by atoms with E-state index in [2.05, 4.69) is 4.90 Å². The molecule has 1 rings (SSSR count). The van der Waals surface area contributed by atoms with Crippen LogP contribution < -0.4 is 0 Å². The first-order valence-electron chi connectivity index (χ1n) is 4.16. The van der Waals surface area contributed by atoms with Crippen LogP contribution in [-0.4, -0.2) is 41.7 Å². The van der Waals surface area contributed by atoms with Gasteiger partial charge in [-0.25, -0.2) is 0 Å². The minimum Gasteiger partial charge on any atom is -0.389 e. The molecule has 12 heavy (non-hydrogen) atoms. The van der Waals surface area contributed by atoms with E-state index in [1.165, 1.54) is 0 Å². The van der Waals surface area contributed by atoms with Crippen molar-refractivity contribution in [3.8, 4) is 0 Å². The molecule has 2 N–H and O–H groups in total. The van der Waals surface area contributed by atoms with Crippen LogP contribution in [0.1, 0.15) is 19.3 Å². The summed E-state index contributed by atoms with van der Waals surface area (Å²) in [5.41, 5.74) is -0.960. The third-order valence-electron chi connectivity index (χ3n) is 2.40. The van der Waals surface area contributed by atoms with Crippen LogP contribution in [0.15, 0.2) is 0 Å². The summed E-state index contributed by atoms with van der Waals surface area (Å²) in [5.74, 6) is -0.915. The molecule has 0 spiro atoms. The van der Waals surface area contributed by atoms with Crippen LogP contribution in [0.3, 0.4) is 0 Å². The largest absolute Gasteiger partial charge is 0.389 e. The first-order chi connectivity index (χ1) is 5.52. The molecule has 0 atom stereocenters. The van der Waals surface area contributed by atoms with E-state index < -0.39 is 11.6 Å². The Bertz CT molecular complexity index is 176. The molecule has 1 heterocycles. The Morgan fingerprint density at radius 2 is 2.08 bits per heavy atom.